The number of aromatic nitrogens is 2. The fourth-order valence-corrected chi connectivity index (χ4v) is 9.84. The highest BCUT2D eigenvalue weighted by Crippen LogP contribution is 2.45. The number of nitrogens with zero attached hydrogens (tertiary/aromatic N) is 6. The third-order valence-corrected chi connectivity index (χ3v) is 12.9. The van der Waals surface area contributed by atoms with Gasteiger partial charge in [-0.25, -0.2) is 28.3 Å². The lowest BCUT2D eigenvalue weighted by Gasteiger charge is -2.32. The molecule has 304 valence electrons. The molecule has 0 aliphatic carbocycles. The second-order valence-corrected chi connectivity index (χ2v) is 17.1. The van der Waals surface area contributed by atoms with Crippen LogP contribution >= 0.6 is 54.5 Å². The zero-order valence-electron chi connectivity index (χ0n) is 31.3. The molecule has 18 heteroatoms. The van der Waals surface area contributed by atoms with Gasteiger partial charge in [-0.3, -0.25) is 9.98 Å². The molecule has 4 aliphatic rings. The molecule has 58 heavy (non-hydrogen) atoms. The summed E-state index contributed by atoms with van der Waals surface area (Å²) in [6.45, 7) is 5.08. The van der Waals surface area contributed by atoms with E-state index in [1.54, 1.807) is 38.4 Å². The van der Waals surface area contributed by atoms with Crippen LogP contribution in [0, 0.1) is 23.5 Å². The monoisotopic (exact) mass is 958 g/mol. The number of hydrogen-bond acceptors (Lipinski definition) is 14. The summed E-state index contributed by atoms with van der Waals surface area (Å²) in [7, 11) is 0. The van der Waals surface area contributed by atoms with Crippen LogP contribution in [0.3, 0.4) is 0 Å². The first-order valence-corrected chi connectivity index (χ1v) is 21.8. The van der Waals surface area contributed by atoms with Crippen LogP contribution in [0.1, 0.15) is 59.9 Å². The summed E-state index contributed by atoms with van der Waals surface area (Å²) < 4.78 is 39.1. The number of aliphatic imine (C=N–C) groups is 2. The van der Waals surface area contributed by atoms with E-state index in [1.165, 1.54) is 46.9 Å². The first-order chi connectivity index (χ1) is 28.1. The van der Waals surface area contributed by atoms with Crippen molar-refractivity contribution >= 4 is 78.1 Å². The maximum atomic E-state index is 13.7. The van der Waals surface area contributed by atoms with Crippen molar-refractivity contribution < 1.29 is 38.1 Å². The first-order valence-electron chi connectivity index (χ1n) is 18.5. The van der Waals surface area contributed by atoms with Crippen molar-refractivity contribution in [2.75, 3.05) is 39.5 Å². The molecule has 8 rings (SSSR count). The Morgan fingerprint density at radius 3 is 1.48 bits per heavy atom. The fourth-order valence-electron chi connectivity index (χ4n) is 7.43. The molecule has 4 atom stereocenters. The number of aliphatic hydroxyl groups is 2. The molecule has 0 amide bonds. The molecular weight excluding hydrogens is 922 g/mol. The van der Waals surface area contributed by atoms with Crippen LogP contribution in [0.25, 0.3) is 0 Å². The van der Waals surface area contributed by atoms with Crippen molar-refractivity contribution in [1.29, 1.82) is 0 Å². The molecule has 4 aliphatic heterocycles. The highest BCUT2D eigenvalue weighted by atomic mass is 79.9. The maximum absolute atomic E-state index is 13.7. The maximum Gasteiger partial charge on any atom is 0.338 e. The Balaban J connectivity index is 0.000000177. The third kappa shape index (κ3) is 8.45. The highest BCUT2D eigenvalue weighted by Gasteiger charge is 2.44. The summed E-state index contributed by atoms with van der Waals surface area (Å²) in [6.07, 6.45) is 4.47. The molecule has 0 unspecified atom stereocenters. The van der Waals surface area contributed by atoms with Gasteiger partial charge in [0.05, 0.1) is 24.4 Å². The van der Waals surface area contributed by atoms with E-state index in [2.05, 4.69) is 41.8 Å². The van der Waals surface area contributed by atoms with Gasteiger partial charge in [0.15, 0.2) is 21.7 Å². The van der Waals surface area contributed by atoms with Gasteiger partial charge in [0.25, 0.3) is 0 Å². The molecule has 2 aromatic heterocycles. The van der Waals surface area contributed by atoms with Crippen molar-refractivity contribution in [1.82, 2.24) is 19.8 Å². The van der Waals surface area contributed by atoms with Gasteiger partial charge in [-0.1, -0.05) is 44.0 Å². The zero-order valence-corrected chi connectivity index (χ0v) is 36.1. The molecule has 0 spiro atoms. The van der Waals surface area contributed by atoms with Crippen molar-refractivity contribution in [3.05, 3.63) is 124 Å². The van der Waals surface area contributed by atoms with Crippen LogP contribution in [0.5, 0.6) is 0 Å². The van der Waals surface area contributed by atoms with Gasteiger partial charge >= 0.3 is 11.9 Å². The number of aliphatic hydroxyl groups excluding tert-OH is 2. The van der Waals surface area contributed by atoms with Crippen molar-refractivity contribution in [3.63, 3.8) is 0 Å². The van der Waals surface area contributed by atoms with Crippen LogP contribution in [-0.4, -0.2) is 93.1 Å². The van der Waals surface area contributed by atoms with E-state index in [0.29, 0.717) is 68.8 Å². The van der Waals surface area contributed by atoms with Gasteiger partial charge in [-0.05, 0) is 62.1 Å². The number of hydrogen-bond donors (Lipinski definition) is 2. The topological polar surface area (TPSA) is 150 Å². The minimum Gasteiger partial charge on any atom is -0.463 e. The van der Waals surface area contributed by atoms with Crippen molar-refractivity contribution in [2.45, 2.75) is 38.8 Å². The quantitative estimate of drug-likeness (QED) is 0.155. The molecule has 2 aromatic carbocycles. The van der Waals surface area contributed by atoms with E-state index in [4.69, 9.17) is 19.5 Å². The van der Waals surface area contributed by atoms with E-state index < -0.39 is 24.0 Å². The van der Waals surface area contributed by atoms with Crippen LogP contribution < -0.4 is 0 Å². The van der Waals surface area contributed by atoms with Gasteiger partial charge in [0.2, 0.25) is 0 Å². The first kappa shape index (κ1) is 41.9. The Morgan fingerprint density at radius 2 is 1.16 bits per heavy atom. The molecule has 2 N–H and O–H groups in total. The summed E-state index contributed by atoms with van der Waals surface area (Å²) >= 11 is 9.74. The lowest BCUT2D eigenvalue weighted by atomic mass is 9.94. The summed E-state index contributed by atoms with van der Waals surface area (Å²) in [5.41, 5.74) is 3.75. The minimum atomic E-state index is -0.661. The Bertz CT molecular complexity index is 2150. The normalized spacial score (nSPS) is 21.2. The standard InChI is InChI=1S/2C20H19BrFN3O3S/c2*1-2-28-20(27)16-15-7-11(10-26)9-25(15)18(19-23-5-6-29-19)24-17(16)13-4-3-12(22)8-14(13)21/h2*3-6,8,11,17,26H,2,7,9-10H2,1H3/t11-,17+;11-,17-/m10/s1. The second kappa shape index (κ2) is 18.4. The average Bonchev–Trinajstić information content (AvgIpc) is 4.05. The zero-order chi connectivity index (χ0) is 41.1. The number of halogens is 4. The Labute approximate surface area is 357 Å². The number of fused-ring (bicyclic) bond motifs is 2. The molecule has 2 saturated heterocycles. The summed E-state index contributed by atoms with van der Waals surface area (Å²) in [5.74, 6) is -0.392. The SMILES string of the molecule is CCOC(=O)C1=C2C[C@@H](CO)CN2C(c2nccs2)=N[C@H]1c1ccc(F)cc1Br.CCOC(=O)C1=C2C[C@H](CO)CN2C(c2nccs2)=N[C@H]1c1ccc(F)cc1Br. The van der Waals surface area contributed by atoms with Gasteiger partial charge in [0, 0.05) is 81.6 Å². The van der Waals surface area contributed by atoms with Gasteiger partial charge in [0.1, 0.15) is 23.7 Å². The number of esters is 2. The van der Waals surface area contributed by atoms with E-state index >= 15 is 0 Å². The Kier molecular flexibility index (Phi) is 13.3. The summed E-state index contributed by atoms with van der Waals surface area (Å²) in [5, 5.41) is 24.7. The van der Waals surface area contributed by atoms with E-state index in [0.717, 1.165) is 21.4 Å². The van der Waals surface area contributed by atoms with Gasteiger partial charge < -0.3 is 29.5 Å². The van der Waals surface area contributed by atoms with Crippen molar-refractivity contribution in [3.8, 4) is 0 Å². The Morgan fingerprint density at radius 1 is 0.741 bits per heavy atom. The van der Waals surface area contributed by atoms with Crippen LogP contribution in [-0.2, 0) is 19.1 Å². The smallest absolute Gasteiger partial charge is 0.338 e. The van der Waals surface area contributed by atoms with E-state index in [9.17, 15) is 28.6 Å². The molecule has 2 fully saturated rings. The van der Waals surface area contributed by atoms with Gasteiger partial charge in [-0.2, -0.15) is 0 Å². The fraction of sp³-hybridized carbons (Fsp3) is 0.350. The lowest BCUT2D eigenvalue weighted by Crippen LogP contribution is -2.35. The lowest BCUT2D eigenvalue weighted by molar-refractivity contribution is -0.140. The van der Waals surface area contributed by atoms with Crippen LogP contribution in [0.4, 0.5) is 8.78 Å². The number of rotatable bonds is 10. The second-order valence-electron chi connectivity index (χ2n) is 13.6. The number of allylic oxidation sites excluding steroid dienone is 2. The number of carbonyl (C=O) groups is 2. The number of carbonyl (C=O) groups excluding carboxylic acids is 2. The Hall–Kier alpha value is -4.20. The van der Waals surface area contributed by atoms with Crippen molar-refractivity contribution in [2.24, 2.45) is 21.8 Å². The summed E-state index contributed by atoms with van der Waals surface area (Å²) in [4.78, 5) is 48.4. The van der Waals surface area contributed by atoms with Crippen LogP contribution in [0.15, 0.2) is 101 Å². The van der Waals surface area contributed by atoms with Crippen LogP contribution in [0.2, 0.25) is 0 Å². The molecule has 0 bridgehead atoms. The molecule has 0 saturated carbocycles. The largest absolute Gasteiger partial charge is 0.463 e. The molecular formula is C40H38Br2F2N6O6S2. The highest BCUT2D eigenvalue weighted by molar-refractivity contribution is 9.10. The molecule has 4 aromatic rings. The molecule has 12 nitrogen and oxygen atoms in total. The third-order valence-electron chi connectivity index (χ3n) is 9.95. The summed E-state index contributed by atoms with van der Waals surface area (Å²) in [6, 6.07) is 7.35. The van der Waals surface area contributed by atoms with Gasteiger partial charge in [-0.15, -0.1) is 22.7 Å². The van der Waals surface area contributed by atoms with E-state index in [1.807, 2.05) is 20.6 Å². The number of amidine groups is 2. The predicted octanol–water partition coefficient (Wildman–Crippen LogP) is 7.36. The average molecular weight is 961 g/mol. The number of ether oxygens (including phenoxy) is 2. The number of thiazole rings is 2. The minimum absolute atomic E-state index is 0.00611. The van der Waals surface area contributed by atoms with E-state index in [-0.39, 0.29) is 49.9 Å². The molecule has 6 heterocycles. The predicted molar refractivity (Wildman–Crippen MR) is 222 cm³/mol. The number of benzene rings is 2. The molecule has 0 radical (unpaired) electrons.